The summed E-state index contributed by atoms with van der Waals surface area (Å²) in [5.41, 5.74) is 1.86. The molecule has 150 valence electrons. The number of benzene rings is 2. The predicted molar refractivity (Wildman–Crippen MR) is 102 cm³/mol. The van der Waals surface area contributed by atoms with Gasteiger partial charge < -0.3 is 0 Å². The maximum atomic E-state index is 14.9. The van der Waals surface area contributed by atoms with E-state index in [9.17, 15) is 17.6 Å². The Morgan fingerprint density at radius 1 is 0.821 bits per heavy atom. The molecule has 1 unspecified atom stereocenters. The van der Waals surface area contributed by atoms with Crippen molar-refractivity contribution in [1.82, 2.24) is 0 Å². The van der Waals surface area contributed by atoms with Crippen LogP contribution in [-0.4, -0.2) is 0 Å². The summed E-state index contributed by atoms with van der Waals surface area (Å²) in [7, 11) is 0. The smallest absolute Gasteiger partial charge is 0.162 e. The second kappa shape index (κ2) is 7.88. The van der Waals surface area contributed by atoms with Crippen molar-refractivity contribution in [3.05, 3.63) is 69.8 Å². The number of rotatable bonds is 3. The first kappa shape index (κ1) is 19.5. The van der Waals surface area contributed by atoms with Crippen molar-refractivity contribution in [3.8, 4) is 0 Å². The molecule has 1 atom stereocenters. The zero-order valence-electron chi connectivity index (χ0n) is 16.2. The number of hydrogen-bond donors (Lipinski definition) is 0. The van der Waals surface area contributed by atoms with E-state index >= 15 is 0 Å². The van der Waals surface area contributed by atoms with Crippen LogP contribution in [0.2, 0.25) is 0 Å². The van der Waals surface area contributed by atoms with Crippen LogP contribution in [0.4, 0.5) is 17.6 Å². The van der Waals surface area contributed by atoms with Crippen LogP contribution in [0, 0.1) is 29.2 Å². The van der Waals surface area contributed by atoms with Gasteiger partial charge in [0, 0.05) is 5.56 Å². The number of hydrogen-bond acceptors (Lipinski definition) is 0. The lowest BCUT2D eigenvalue weighted by Crippen LogP contribution is -2.18. The fourth-order valence-electron chi connectivity index (χ4n) is 5.16. The van der Waals surface area contributed by atoms with Gasteiger partial charge in [-0.3, -0.25) is 0 Å². The summed E-state index contributed by atoms with van der Waals surface area (Å²) in [6, 6.07) is 5.65. The first-order valence-corrected chi connectivity index (χ1v) is 10.4. The molecule has 0 saturated heterocycles. The molecule has 0 heterocycles. The average molecular weight is 390 g/mol. The first-order chi connectivity index (χ1) is 13.5. The molecule has 0 radical (unpaired) electrons. The van der Waals surface area contributed by atoms with Crippen molar-refractivity contribution < 1.29 is 17.6 Å². The summed E-state index contributed by atoms with van der Waals surface area (Å²) in [6.45, 7) is 2.20. The molecule has 28 heavy (non-hydrogen) atoms. The van der Waals surface area contributed by atoms with Crippen molar-refractivity contribution in [2.24, 2.45) is 5.92 Å². The molecule has 0 nitrogen and oxygen atoms in total. The zero-order chi connectivity index (χ0) is 19.8. The molecule has 0 aliphatic heterocycles. The van der Waals surface area contributed by atoms with Gasteiger partial charge in [-0.05, 0) is 97.6 Å². The molecule has 4 heteroatoms. The molecular formula is C24H26F4. The second-order valence-electron chi connectivity index (χ2n) is 8.46. The summed E-state index contributed by atoms with van der Waals surface area (Å²) in [5.74, 6) is -2.07. The fourth-order valence-corrected chi connectivity index (χ4v) is 5.16. The van der Waals surface area contributed by atoms with E-state index in [0.717, 1.165) is 43.2 Å². The molecule has 1 saturated carbocycles. The summed E-state index contributed by atoms with van der Waals surface area (Å²) in [5, 5.41) is 0. The average Bonchev–Trinajstić information content (AvgIpc) is 2.70. The van der Waals surface area contributed by atoms with Crippen molar-refractivity contribution >= 4 is 0 Å². The highest BCUT2D eigenvalue weighted by atomic mass is 19.2. The lowest BCUT2D eigenvalue weighted by Gasteiger charge is -2.29. The molecule has 4 rings (SSSR count). The summed E-state index contributed by atoms with van der Waals surface area (Å²) in [6.07, 6.45) is 6.43. The van der Waals surface area contributed by atoms with E-state index in [0.29, 0.717) is 30.4 Å². The summed E-state index contributed by atoms with van der Waals surface area (Å²) < 4.78 is 57.3. The minimum Gasteiger partial charge on any atom is -0.207 e. The van der Waals surface area contributed by atoms with Gasteiger partial charge in [0.15, 0.2) is 11.6 Å². The van der Waals surface area contributed by atoms with Crippen LogP contribution in [0.1, 0.15) is 79.5 Å². The van der Waals surface area contributed by atoms with Gasteiger partial charge >= 0.3 is 0 Å². The van der Waals surface area contributed by atoms with Crippen molar-refractivity contribution in [2.75, 3.05) is 0 Å². The molecular weight excluding hydrogens is 364 g/mol. The van der Waals surface area contributed by atoms with Gasteiger partial charge in [-0.1, -0.05) is 19.4 Å². The molecule has 0 N–H and O–H groups in total. The Morgan fingerprint density at radius 2 is 1.50 bits per heavy atom. The minimum absolute atomic E-state index is 0.0985. The van der Waals surface area contributed by atoms with Gasteiger partial charge in [-0.15, -0.1) is 0 Å². The standard InChI is InChI=1S/C24H26F4/c1-2-14-3-5-15(6-4-14)18-12-21(26)23(22(27)13-18)17-7-9-19-16(11-17)8-10-20(25)24(19)28/h8,10,12-15,17H,2-7,9,11H2,1H3. The molecule has 0 bridgehead atoms. The summed E-state index contributed by atoms with van der Waals surface area (Å²) in [4.78, 5) is 0. The van der Waals surface area contributed by atoms with E-state index in [4.69, 9.17) is 0 Å². The zero-order valence-corrected chi connectivity index (χ0v) is 16.2. The number of halogens is 4. The highest BCUT2D eigenvalue weighted by molar-refractivity contribution is 5.38. The van der Waals surface area contributed by atoms with Crippen LogP contribution in [-0.2, 0) is 12.8 Å². The normalized spacial score (nSPS) is 24.8. The van der Waals surface area contributed by atoms with E-state index in [1.54, 1.807) is 0 Å². The van der Waals surface area contributed by atoms with Crippen LogP contribution in [0.5, 0.6) is 0 Å². The maximum Gasteiger partial charge on any atom is 0.162 e. The molecule has 2 aliphatic rings. The number of fused-ring (bicyclic) bond motifs is 1. The Bertz CT molecular complexity index is 842. The van der Waals surface area contributed by atoms with E-state index < -0.39 is 23.3 Å². The quantitative estimate of drug-likeness (QED) is 0.486. The Balaban J connectivity index is 1.57. The van der Waals surface area contributed by atoms with Gasteiger partial charge in [0.1, 0.15) is 11.6 Å². The third-order valence-corrected chi connectivity index (χ3v) is 6.91. The summed E-state index contributed by atoms with van der Waals surface area (Å²) >= 11 is 0. The lowest BCUT2D eigenvalue weighted by atomic mass is 9.76. The molecule has 0 amide bonds. The second-order valence-corrected chi connectivity index (χ2v) is 8.46. The molecule has 2 aromatic carbocycles. The molecule has 2 aliphatic carbocycles. The Labute approximate surface area is 164 Å². The van der Waals surface area contributed by atoms with Crippen LogP contribution < -0.4 is 0 Å². The van der Waals surface area contributed by atoms with Crippen LogP contribution in [0.15, 0.2) is 24.3 Å². The van der Waals surface area contributed by atoms with Crippen LogP contribution in [0.25, 0.3) is 0 Å². The molecule has 0 aromatic heterocycles. The lowest BCUT2D eigenvalue weighted by molar-refractivity contribution is 0.317. The fraction of sp³-hybridized carbons (Fsp3) is 0.500. The SMILES string of the molecule is CCC1CCC(c2cc(F)c(C3CCc4c(ccc(F)c4F)C3)c(F)c2)CC1. The van der Waals surface area contributed by atoms with E-state index in [1.807, 2.05) is 0 Å². The van der Waals surface area contributed by atoms with E-state index in [2.05, 4.69) is 6.92 Å². The maximum absolute atomic E-state index is 14.9. The van der Waals surface area contributed by atoms with Gasteiger partial charge in [0.2, 0.25) is 0 Å². The molecule has 0 spiro atoms. The Morgan fingerprint density at radius 3 is 2.14 bits per heavy atom. The van der Waals surface area contributed by atoms with Gasteiger partial charge in [-0.2, -0.15) is 0 Å². The van der Waals surface area contributed by atoms with Gasteiger partial charge in [-0.25, -0.2) is 17.6 Å². The monoisotopic (exact) mass is 390 g/mol. The largest absolute Gasteiger partial charge is 0.207 e. The molecule has 2 aromatic rings. The third kappa shape index (κ3) is 3.58. The van der Waals surface area contributed by atoms with Gasteiger partial charge in [0.25, 0.3) is 0 Å². The van der Waals surface area contributed by atoms with Crippen LogP contribution in [0.3, 0.4) is 0 Å². The highest BCUT2D eigenvalue weighted by Crippen LogP contribution is 2.41. The van der Waals surface area contributed by atoms with Gasteiger partial charge in [0.05, 0.1) is 0 Å². The van der Waals surface area contributed by atoms with E-state index in [-0.39, 0.29) is 17.4 Å². The molecule has 1 fully saturated rings. The van der Waals surface area contributed by atoms with Crippen molar-refractivity contribution in [2.45, 2.75) is 70.1 Å². The van der Waals surface area contributed by atoms with Crippen molar-refractivity contribution in [1.29, 1.82) is 0 Å². The first-order valence-electron chi connectivity index (χ1n) is 10.4. The Hall–Kier alpha value is -1.84. The van der Waals surface area contributed by atoms with Crippen LogP contribution >= 0.6 is 0 Å². The highest BCUT2D eigenvalue weighted by Gasteiger charge is 2.29. The predicted octanol–water partition coefficient (Wildman–Crippen LogP) is 7.20. The van der Waals surface area contributed by atoms with Crippen molar-refractivity contribution in [3.63, 3.8) is 0 Å². The third-order valence-electron chi connectivity index (χ3n) is 6.91. The minimum atomic E-state index is -0.864. The van der Waals surface area contributed by atoms with E-state index in [1.165, 1.54) is 24.6 Å². The topological polar surface area (TPSA) is 0 Å². The Kier molecular flexibility index (Phi) is 5.48.